The zero-order chi connectivity index (χ0) is 16.0. The predicted octanol–water partition coefficient (Wildman–Crippen LogP) is 2.50. The molecule has 7 heteroatoms. The standard InChI is InChI=1S/C14H13F3O4/c1-9(18)21-7-6-10-2-4-11(5-3-10)12(19)8-13(20)14(15,16)17/h2-5H,6-8H2,1H3. The van der Waals surface area contributed by atoms with E-state index in [1.807, 2.05) is 0 Å². The lowest BCUT2D eigenvalue weighted by Gasteiger charge is -2.06. The van der Waals surface area contributed by atoms with E-state index in [1.165, 1.54) is 31.2 Å². The van der Waals surface area contributed by atoms with Gasteiger partial charge in [-0.3, -0.25) is 14.4 Å². The van der Waals surface area contributed by atoms with Crippen LogP contribution in [0, 0.1) is 0 Å². The fraction of sp³-hybridized carbons (Fsp3) is 0.357. The van der Waals surface area contributed by atoms with Gasteiger partial charge in [0.05, 0.1) is 13.0 Å². The van der Waals surface area contributed by atoms with Gasteiger partial charge in [0, 0.05) is 18.9 Å². The second kappa shape index (κ2) is 7.01. The summed E-state index contributed by atoms with van der Waals surface area (Å²) in [7, 11) is 0. The van der Waals surface area contributed by atoms with Gasteiger partial charge < -0.3 is 4.74 Å². The van der Waals surface area contributed by atoms with Crippen molar-refractivity contribution in [3.8, 4) is 0 Å². The number of carbonyl (C=O) groups is 3. The molecule has 0 saturated heterocycles. The first-order chi connectivity index (χ1) is 9.70. The third-order valence-electron chi connectivity index (χ3n) is 2.61. The number of rotatable bonds is 6. The summed E-state index contributed by atoms with van der Waals surface area (Å²) < 4.78 is 40.9. The number of benzene rings is 1. The van der Waals surface area contributed by atoms with Crippen LogP contribution in [0.1, 0.15) is 29.3 Å². The molecule has 0 aliphatic heterocycles. The highest BCUT2D eigenvalue weighted by Crippen LogP contribution is 2.19. The molecule has 0 aliphatic carbocycles. The Kier molecular flexibility index (Phi) is 5.63. The first-order valence-electron chi connectivity index (χ1n) is 6.05. The summed E-state index contributed by atoms with van der Waals surface area (Å²) in [4.78, 5) is 32.8. The molecule has 0 saturated carbocycles. The smallest absolute Gasteiger partial charge is 0.450 e. The van der Waals surface area contributed by atoms with Gasteiger partial charge in [-0.05, 0) is 5.56 Å². The van der Waals surface area contributed by atoms with E-state index in [4.69, 9.17) is 4.74 Å². The summed E-state index contributed by atoms with van der Waals surface area (Å²) in [5.74, 6) is -3.36. The molecule has 0 fully saturated rings. The summed E-state index contributed by atoms with van der Waals surface area (Å²) in [6.45, 7) is 1.45. The van der Waals surface area contributed by atoms with Crippen molar-refractivity contribution in [1.29, 1.82) is 0 Å². The average Bonchev–Trinajstić information content (AvgIpc) is 2.37. The van der Waals surface area contributed by atoms with Crippen molar-refractivity contribution in [3.05, 3.63) is 35.4 Å². The minimum atomic E-state index is -5.00. The molecule has 0 radical (unpaired) electrons. The molecule has 0 bridgehead atoms. The number of hydrogen-bond donors (Lipinski definition) is 0. The third-order valence-corrected chi connectivity index (χ3v) is 2.61. The number of hydrogen-bond acceptors (Lipinski definition) is 4. The van der Waals surface area contributed by atoms with E-state index >= 15 is 0 Å². The second-order valence-corrected chi connectivity index (χ2v) is 4.31. The number of ketones is 2. The number of alkyl halides is 3. The highest BCUT2D eigenvalue weighted by molar-refractivity contribution is 6.09. The average molecular weight is 302 g/mol. The maximum Gasteiger partial charge on any atom is 0.450 e. The zero-order valence-corrected chi connectivity index (χ0v) is 11.2. The lowest BCUT2D eigenvalue weighted by Crippen LogP contribution is -2.25. The van der Waals surface area contributed by atoms with Crippen LogP contribution in [-0.2, 0) is 20.7 Å². The van der Waals surface area contributed by atoms with Gasteiger partial charge >= 0.3 is 12.1 Å². The Labute approximate surface area is 118 Å². The van der Waals surface area contributed by atoms with Gasteiger partial charge in [-0.2, -0.15) is 13.2 Å². The van der Waals surface area contributed by atoms with Gasteiger partial charge in [0.2, 0.25) is 5.78 Å². The molecule has 1 aromatic rings. The normalized spacial score (nSPS) is 11.0. The van der Waals surface area contributed by atoms with E-state index in [2.05, 4.69) is 0 Å². The van der Waals surface area contributed by atoms with Gasteiger partial charge in [-0.25, -0.2) is 0 Å². The second-order valence-electron chi connectivity index (χ2n) is 4.31. The Hall–Kier alpha value is -2.18. The van der Waals surface area contributed by atoms with Gasteiger partial charge in [0.1, 0.15) is 0 Å². The Bertz CT molecular complexity index is 532. The fourth-order valence-corrected chi connectivity index (χ4v) is 1.52. The largest absolute Gasteiger partial charge is 0.466 e. The molecule has 0 N–H and O–H groups in total. The van der Waals surface area contributed by atoms with Crippen LogP contribution in [0.25, 0.3) is 0 Å². The lowest BCUT2D eigenvalue weighted by atomic mass is 10.0. The molecule has 0 amide bonds. The van der Waals surface area contributed by atoms with Gasteiger partial charge in [0.15, 0.2) is 5.78 Å². The van der Waals surface area contributed by atoms with E-state index in [-0.39, 0.29) is 12.2 Å². The molecule has 21 heavy (non-hydrogen) atoms. The molecule has 0 spiro atoms. The number of carbonyl (C=O) groups excluding carboxylic acids is 3. The number of esters is 1. The van der Waals surface area contributed by atoms with Crippen molar-refractivity contribution >= 4 is 17.5 Å². The fourth-order valence-electron chi connectivity index (χ4n) is 1.52. The van der Waals surface area contributed by atoms with E-state index in [0.29, 0.717) is 6.42 Å². The summed E-state index contributed by atoms with van der Waals surface area (Å²) in [6, 6.07) is 5.76. The van der Waals surface area contributed by atoms with Crippen molar-refractivity contribution in [2.45, 2.75) is 25.9 Å². The minimum absolute atomic E-state index is 0.0313. The Morgan fingerprint density at radius 3 is 2.14 bits per heavy atom. The van der Waals surface area contributed by atoms with Gasteiger partial charge in [0.25, 0.3) is 0 Å². The molecule has 0 unspecified atom stereocenters. The van der Waals surface area contributed by atoms with Crippen molar-refractivity contribution in [1.82, 2.24) is 0 Å². The zero-order valence-electron chi connectivity index (χ0n) is 11.2. The highest BCUT2D eigenvalue weighted by Gasteiger charge is 2.39. The number of Topliss-reactive ketones (excluding diaryl/α,β-unsaturated/α-hetero) is 2. The minimum Gasteiger partial charge on any atom is -0.466 e. The quantitative estimate of drug-likeness (QED) is 0.460. The molecule has 1 rings (SSSR count). The van der Waals surface area contributed by atoms with Crippen molar-refractivity contribution in [2.75, 3.05) is 6.61 Å². The molecule has 4 nitrogen and oxygen atoms in total. The molecular formula is C14H13F3O4. The number of ether oxygens (including phenoxy) is 1. The summed E-state index contributed by atoms with van der Waals surface area (Å²) in [6.07, 6.45) is -5.77. The lowest BCUT2D eigenvalue weighted by molar-refractivity contribution is -0.170. The van der Waals surface area contributed by atoms with Crippen molar-refractivity contribution in [2.24, 2.45) is 0 Å². The molecule has 114 valence electrons. The maximum atomic E-state index is 12.1. The number of halogens is 3. The van der Waals surface area contributed by atoms with Crippen LogP contribution in [0.3, 0.4) is 0 Å². The van der Waals surface area contributed by atoms with E-state index in [9.17, 15) is 27.6 Å². The van der Waals surface area contributed by atoms with Crippen LogP contribution >= 0.6 is 0 Å². The van der Waals surface area contributed by atoms with Crippen LogP contribution in [0.2, 0.25) is 0 Å². The van der Waals surface area contributed by atoms with Crippen molar-refractivity contribution in [3.63, 3.8) is 0 Å². The van der Waals surface area contributed by atoms with Crippen LogP contribution < -0.4 is 0 Å². The highest BCUT2D eigenvalue weighted by atomic mass is 19.4. The first kappa shape index (κ1) is 16.9. The molecule has 0 aromatic heterocycles. The van der Waals surface area contributed by atoms with Crippen molar-refractivity contribution < 1.29 is 32.3 Å². The monoisotopic (exact) mass is 302 g/mol. The molecular weight excluding hydrogens is 289 g/mol. The Balaban J connectivity index is 2.59. The van der Waals surface area contributed by atoms with Gasteiger partial charge in [-0.15, -0.1) is 0 Å². The van der Waals surface area contributed by atoms with Gasteiger partial charge in [-0.1, -0.05) is 24.3 Å². The van der Waals surface area contributed by atoms with Crippen LogP contribution in [-0.4, -0.2) is 30.3 Å². The van der Waals surface area contributed by atoms with Crippen LogP contribution in [0.15, 0.2) is 24.3 Å². The topological polar surface area (TPSA) is 60.4 Å². The summed E-state index contributed by atoms with van der Waals surface area (Å²) in [5.41, 5.74) is 0.791. The predicted molar refractivity (Wildman–Crippen MR) is 66.8 cm³/mol. The third kappa shape index (κ3) is 5.76. The van der Waals surface area contributed by atoms with E-state index in [0.717, 1.165) is 5.56 Å². The molecule has 0 atom stereocenters. The molecule has 1 aromatic carbocycles. The van der Waals surface area contributed by atoms with Crippen LogP contribution in [0.4, 0.5) is 13.2 Å². The Morgan fingerprint density at radius 2 is 1.67 bits per heavy atom. The van der Waals surface area contributed by atoms with E-state index < -0.39 is 30.1 Å². The summed E-state index contributed by atoms with van der Waals surface area (Å²) >= 11 is 0. The SMILES string of the molecule is CC(=O)OCCc1ccc(C(=O)CC(=O)C(F)(F)F)cc1. The van der Waals surface area contributed by atoms with E-state index in [1.54, 1.807) is 0 Å². The molecule has 0 heterocycles. The molecule has 0 aliphatic rings. The summed E-state index contributed by atoms with van der Waals surface area (Å²) in [5, 5.41) is 0. The maximum absolute atomic E-state index is 12.1. The Morgan fingerprint density at radius 1 is 1.10 bits per heavy atom. The van der Waals surface area contributed by atoms with Crippen LogP contribution in [0.5, 0.6) is 0 Å². The first-order valence-corrected chi connectivity index (χ1v) is 6.05.